The van der Waals surface area contributed by atoms with Crippen LogP contribution < -0.4 is 5.73 Å². The van der Waals surface area contributed by atoms with Crippen molar-refractivity contribution >= 4 is 11.5 Å². The molecule has 2 aromatic heterocycles. The van der Waals surface area contributed by atoms with Gasteiger partial charge in [0.05, 0.1) is 11.8 Å². The number of hydrogen-bond acceptors (Lipinski definition) is 3. The number of anilines is 1. The van der Waals surface area contributed by atoms with Crippen molar-refractivity contribution in [2.75, 3.05) is 12.3 Å². The minimum Gasteiger partial charge on any atom is -0.385 e. The van der Waals surface area contributed by atoms with Crippen LogP contribution in [0.4, 0.5) is 5.82 Å². The number of pyridine rings is 1. The van der Waals surface area contributed by atoms with Crippen LogP contribution in [0.15, 0.2) is 24.4 Å². The maximum atomic E-state index is 5.89. The summed E-state index contributed by atoms with van der Waals surface area (Å²) >= 11 is 0. The van der Waals surface area contributed by atoms with E-state index >= 15 is 0 Å². The zero-order chi connectivity index (χ0) is 11.7. The van der Waals surface area contributed by atoms with E-state index in [9.17, 15) is 0 Å². The minimum absolute atomic E-state index is 0.329. The molecule has 1 saturated heterocycles. The van der Waals surface area contributed by atoms with Crippen LogP contribution in [0.3, 0.4) is 0 Å². The number of hydrogen-bond donors (Lipinski definition) is 1. The summed E-state index contributed by atoms with van der Waals surface area (Å²) in [6.07, 6.45) is 6.83. The van der Waals surface area contributed by atoms with Gasteiger partial charge in [-0.2, -0.15) is 0 Å². The Bertz CT molecular complexity index is 514. The summed E-state index contributed by atoms with van der Waals surface area (Å²) in [7, 11) is 0. The second-order valence-electron chi connectivity index (χ2n) is 4.60. The van der Waals surface area contributed by atoms with Crippen LogP contribution in [0.2, 0.25) is 0 Å². The summed E-state index contributed by atoms with van der Waals surface area (Å²) in [4.78, 5) is 4.57. The van der Waals surface area contributed by atoms with Gasteiger partial charge in [-0.1, -0.05) is 6.07 Å². The average Bonchev–Trinajstić information content (AvgIpc) is 2.74. The summed E-state index contributed by atoms with van der Waals surface area (Å²) in [6.45, 7) is 0.889. The van der Waals surface area contributed by atoms with Gasteiger partial charge in [0.2, 0.25) is 0 Å². The Morgan fingerprint density at radius 2 is 2.35 bits per heavy atom. The van der Waals surface area contributed by atoms with Crippen molar-refractivity contribution in [3.8, 4) is 0 Å². The molecule has 0 spiro atoms. The molecule has 1 aliphatic heterocycles. The van der Waals surface area contributed by atoms with Gasteiger partial charge in [0.15, 0.2) is 0 Å². The Labute approximate surface area is 100 Å². The van der Waals surface area contributed by atoms with Crippen molar-refractivity contribution in [2.24, 2.45) is 0 Å². The van der Waals surface area contributed by atoms with Crippen molar-refractivity contribution < 1.29 is 4.74 Å². The molecule has 1 unspecified atom stereocenters. The molecule has 17 heavy (non-hydrogen) atoms. The number of aromatic nitrogens is 2. The van der Waals surface area contributed by atoms with Gasteiger partial charge in [0.25, 0.3) is 0 Å². The van der Waals surface area contributed by atoms with Gasteiger partial charge in [-0.3, -0.25) is 4.40 Å². The van der Waals surface area contributed by atoms with Crippen LogP contribution in [-0.4, -0.2) is 22.1 Å². The highest BCUT2D eigenvalue weighted by Gasteiger charge is 2.16. The second kappa shape index (κ2) is 4.37. The van der Waals surface area contributed by atoms with E-state index in [2.05, 4.69) is 4.98 Å². The number of rotatable bonds is 2. The molecule has 4 heteroatoms. The zero-order valence-corrected chi connectivity index (χ0v) is 9.80. The summed E-state index contributed by atoms with van der Waals surface area (Å²) in [5.41, 5.74) is 7.87. The van der Waals surface area contributed by atoms with Gasteiger partial charge < -0.3 is 10.5 Å². The van der Waals surface area contributed by atoms with E-state index in [0.717, 1.165) is 36.6 Å². The highest BCUT2D eigenvalue weighted by Crippen LogP contribution is 2.18. The van der Waals surface area contributed by atoms with Gasteiger partial charge in [-0.05, 0) is 31.4 Å². The van der Waals surface area contributed by atoms with Gasteiger partial charge >= 0.3 is 0 Å². The van der Waals surface area contributed by atoms with Crippen molar-refractivity contribution in [1.29, 1.82) is 0 Å². The highest BCUT2D eigenvalue weighted by atomic mass is 16.5. The molecule has 0 amide bonds. The predicted molar refractivity (Wildman–Crippen MR) is 66.9 cm³/mol. The van der Waals surface area contributed by atoms with Crippen LogP contribution in [0.1, 0.15) is 25.0 Å². The Balaban J connectivity index is 1.83. The first-order valence-electron chi connectivity index (χ1n) is 6.17. The first-order chi connectivity index (χ1) is 8.33. The average molecular weight is 231 g/mol. The number of nitrogens with two attached hydrogens (primary N) is 1. The molecule has 0 aromatic carbocycles. The Morgan fingerprint density at radius 3 is 3.12 bits per heavy atom. The first kappa shape index (κ1) is 10.6. The fraction of sp³-hybridized carbons (Fsp3) is 0.462. The lowest BCUT2D eigenvalue weighted by Gasteiger charge is -2.21. The number of imidazole rings is 1. The molecule has 2 N–H and O–H groups in total. The van der Waals surface area contributed by atoms with Crippen molar-refractivity contribution in [3.05, 3.63) is 30.1 Å². The molecule has 3 rings (SSSR count). The van der Waals surface area contributed by atoms with Crippen LogP contribution in [0, 0.1) is 0 Å². The van der Waals surface area contributed by atoms with E-state index in [1.165, 1.54) is 12.8 Å². The molecule has 0 saturated carbocycles. The van der Waals surface area contributed by atoms with Crippen LogP contribution in [0.25, 0.3) is 5.65 Å². The van der Waals surface area contributed by atoms with Gasteiger partial charge in [-0.25, -0.2) is 4.98 Å². The molecule has 0 bridgehead atoms. The lowest BCUT2D eigenvalue weighted by atomic mass is 10.1. The summed E-state index contributed by atoms with van der Waals surface area (Å²) in [6, 6.07) is 5.79. The standard InChI is InChI=1S/C13H17N3O/c14-12-5-3-6-13-15-10(9-16(12)13)8-11-4-1-2-7-17-11/h3,5-6,9,11H,1-2,4,7-8,14H2. The fourth-order valence-electron chi connectivity index (χ4n) is 2.38. The van der Waals surface area contributed by atoms with E-state index < -0.39 is 0 Å². The lowest BCUT2D eigenvalue weighted by molar-refractivity contribution is 0.0163. The number of fused-ring (bicyclic) bond motifs is 1. The molecule has 0 aliphatic carbocycles. The second-order valence-corrected chi connectivity index (χ2v) is 4.60. The third-order valence-corrected chi connectivity index (χ3v) is 3.28. The largest absolute Gasteiger partial charge is 0.385 e. The molecule has 2 aromatic rings. The molecule has 0 radical (unpaired) electrons. The van der Waals surface area contributed by atoms with E-state index in [0.29, 0.717) is 6.10 Å². The monoisotopic (exact) mass is 231 g/mol. The molecule has 4 nitrogen and oxygen atoms in total. The molecule has 3 heterocycles. The SMILES string of the molecule is Nc1cccc2nc(CC3CCCCO3)cn12. The number of ether oxygens (including phenoxy) is 1. The highest BCUT2D eigenvalue weighted by molar-refractivity contribution is 5.48. The van der Waals surface area contributed by atoms with Crippen molar-refractivity contribution in [1.82, 2.24) is 9.38 Å². The van der Waals surface area contributed by atoms with Gasteiger partial charge in [0.1, 0.15) is 11.5 Å². The lowest BCUT2D eigenvalue weighted by Crippen LogP contribution is -2.21. The van der Waals surface area contributed by atoms with Crippen LogP contribution in [0.5, 0.6) is 0 Å². The molecule has 1 aliphatic rings. The van der Waals surface area contributed by atoms with Crippen molar-refractivity contribution in [3.63, 3.8) is 0 Å². The van der Waals surface area contributed by atoms with E-state index in [-0.39, 0.29) is 0 Å². The normalized spacial score (nSPS) is 20.8. The molecule has 1 atom stereocenters. The molecule has 1 fully saturated rings. The molecular weight excluding hydrogens is 214 g/mol. The quantitative estimate of drug-likeness (QED) is 0.860. The summed E-state index contributed by atoms with van der Waals surface area (Å²) in [5, 5.41) is 0. The molecular formula is C13H17N3O. The fourth-order valence-corrected chi connectivity index (χ4v) is 2.38. The first-order valence-corrected chi connectivity index (χ1v) is 6.17. The maximum absolute atomic E-state index is 5.89. The summed E-state index contributed by atoms with van der Waals surface area (Å²) < 4.78 is 7.66. The topological polar surface area (TPSA) is 52.5 Å². The van der Waals surface area contributed by atoms with Crippen LogP contribution in [-0.2, 0) is 11.2 Å². The Morgan fingerprint density at radius 1 is 1.41 bits per heavy atom. The minimum atomic E-state index is 0.329. The van der Waals surface area contributed by atoms with Crippen molar-refractivity contribution in [2.45, 2.75) is 31.8 Å². The van der Waals surface area contributed by atoms with Gasteiger partial charge in [0, 0.05) is 19.2 Å². The smallest absolute Gasteiger partial charge is 0.138 e. The van der Waals surface area contributed by atoms with Crippen LogP contribution >= 0.6 is 0 Å². The Kier molecular flexibility index (Phi) is 2.73. The summed E-state index contributed by atoms with van der Waals surface area (Å²) in [5.74, 6) is 0.728. The number of nitrogens with zero attached hydrogens (tertiary/aromatic N) is 2. The van der Waals surface area contributed by atoms with E-state index in [1.807, 2.05) is 28.8 Å². The number of nitrogen functional groups attached to an aromatic ring is 1. The van der Waals surface area contributed by atoms with E-state index in [4.69, 9.17) is 10.5 Å². The van der Waals surface area contributed by atoms with E-state index in [1.54, 1.807) is 0 Å². The third-order valence-electron chi connectivity index (χ3n) is 3.28. The van der Waals surface area contributed by atoms with Gasteiger partial charge in [-0.15, -0.1) is 0 Å². The predicted octanol–water partition coefficient (Wildman–Crippen LogP) is 2.03. The molecule has 90 valence electrons. The zero-order valence-electron chi connectivity index (χ0n) is 9.80. The third kappa shape index (κ3) is 2.13. The Hall–Kier alpha value is -1.55. The maximum Gasteiger partial charge on any atom is 0.138 e.